The molecule has 0 spiro atoms. The maximum atomic E-state index is 12.9. The summed E-state index contributed by atoms with van der Waals surface area (Å²) in [6, 6.07) is 8.15. The quantitative estimate of drug-likeness (QED) is 0.794. The van der Waals surface area contributed by atoms with Gasteiger partial charge in [-0.3, -0.25) is 9.59 Å². The van der Waals surface area contributed by atoms with Gasteiger partial charge in [-0.25, -0.2) is 4.98 Å². The molecule has 3 rings (SSSR count). The highest BCUT2D eigenvalue weighted by Gasteiger charge is 2.28. The molecule has 150 valence electrons. The molecule has 1 aromatic carbocycles. The van der Waals surface area contributed by atoms with Gasteiger partial charge >= 0.3 is 0 Å². The van der Waals surface area contributed by atoms with Crippen LogP contribution in [0.2, 0.25) is 0 Å². The van der Waals surface area contributed by atoms with Gasteiger partial charge in [-0.2, -0.15) is 0 Å². The van der Waals surface area contributed by atoms with E-state index in [9.17, 15) is 9.59 Å². The van der Waals surface area contributed by atoms with E-state index in [1.54, 1.807) is 0 Å². The molecule has 2 heterocycles. The highest BCUT2D eigenvalue weighted by atomic mass is 16.2. The van der Waals surface area contributed by atoms with Gasteiger partial charge in [-0.05, 0) is 30.9 Å². The van der Waals surface area contributed by atoms with E-state index in [2.05, 4.69) is 37.9 Å². The summed E-state index contributed by atoms with van der Waals surface area (Å²) in [6.45, 7) is 7.31. The zero-order chi connectivity index (χ0) is 20.1. The minimum absolute atomic E-state index is 0.0638. The van der Waals surface area contributed by atoms with Gasteiger partial charge in [0.05, 0.1) is 17.8 Å². The largest absolute Gasteiger partial charge is 0.337 e. The van der Waals surface area contributed by atoms with E-state index in [-0.39, 0.29) is 17.4 Å². The Morgan fingerprint density at radius 1 is 1.29 bits per heavy atom. The summed E-state index contributed by atoms with van der Waals surface area (Å²) in [6.07, 6.45) is 5.22. The van der Waals surface area contributed by atoms with Crippen LogP contribution >= 0.6 is 0 Å². The van der Waals surface area contributed by atoms with E-state index in [4.69, 9.17) is 4.98 Å². The van der Waals surface area contributed by atoms with Crippen molar-refractivity contribution in [2.45, 2.75) is 65.8 Å². The first-order valence-corrected chi connectivity index (χ1v) is 10.5. The Morgan fingerprint density at radius 3 is 2.79 bits per heavy atom. The first-order valence-electron chi connectivity index (χ1n) is 10.5. The van der Waals surface area contributed by atoms with Crippen LogP contribution in [0.25, 0.3) is 0 Å². The minimum atomic E-state index is -0.104. The van der Waals surface area contributed by atoms with Crippen molar-refractivity contribution in [2.24, 2.45) is 5.92 Å². The average Bonchev–Trinajstić information content (AvgIpc) is 2.70. The van der Waals surface area contributed by atoms with Crippen LogP contribution in [-0.4, -0.2) is 27.3 Å². The van der Waals surface area contributed by atoms with Gasteiger partial charge < -0.3 is 9.88 Å². The number of hydrogen-bond donors (Lipinski definition) is 1. The number of aryl methyl sites for hydroxylation is 1. The lowest BCUT2D eigenvalue weighted by molar-refractivity contribution is -0.136. The first kappa shape index (κ1) is 20.3. The predicted molar refractivity (Wildman–Crippen MR) is 111 cm³/mol. The van der Waals surface area contributed by atoms with Gasteiger partial charge in [0, 0.05) is 25.3 Å². The first-order chi connectivity index (χ1) is 13.5. The van der Waals surface area contributed by atoms with E-state index in [0.717, 1.165) is 31.4 Å². The fraction of sp³-hybridized carbons (Fsp3) is 0.522. The third-order valence-corrected chi connectivity index (χ3v) is 5.80. The fourth-order valence-electron chi connectivity index (χ4n) is 3.95. The van der Waals surface area contributed by atoms with Crippen molar-refractivity contribution >= 4 is 5.91 Å². The summed E-state index contributed by atoms with van der Waals surface area (Å²) >= 11 is 0. The number of aromatic amines is 1. The predicted octanol–water partition coefficient (Wildman–Crippen LogP) is 3.77. The number of H-pyrrole nitrogens is 1. The summed E-state index contributed by atoms with van der Waals surface area (Å²) in [5.41, 5.74) is 3.75. The molecule has 0 aliphatic carbocycles. The SMILES string of the molecule is CCCC[C@H](CC)C(=O)N1CCc2nc(Cc3ccccc3C)[nH]c(=O)c2C1. The van der Waals surface area contributed by atoms with Crippen LogP contribution in [0.15, 0.2) is 29.1 Å². The summed E-state index contributed by atoms with van der Waals surface area (Å²) in [4.78, 5) is 35.1. The minimum Gasteiger partial charge on any atom is -0.337 e. The van der Waals surface area contributed by atoms with E-state index in [1.807, 2.05) is 17.0 Å². The summed E-state index contributed by atoms with van der Waals surface area (Å²) in [5.74, 6) is 0.950. The molecule has 1 atom stereocenters. The Bertz CT molecular complexity index is 888. The van der Waals surface area contributed by atoms with Crippen molar-refractivity contribution in [3.63, 3.8) is 0 Å². The van der Waals surface area contributed by atoms with E-state index in [1.165, 1.54) is 11.1 Å². The number of nitrogens with zero attached hydrogens (tertiary/aromatic N) is 2. The Labute approximate surface area is 167 Å². The number of fused-ring (bicyclic) bond motifs is 1. The second-order valence-corrected chi connectivity index (χ2v) is 7.80. The lowest BCUT2D eigenvalue weighted by atomic mass is 9.96. The monoisotopic (exact) mass is 381 g/mol. The smallest absolute Gasteiger partial charge is 0.256 e. The highest BCUT2D eigenvalue weighted by molar-refractivity contribution is 5.79. The van der Waals surface area contributed by atoms with Crippen LogP contribution in [-0.2, 0) is 24.2 Å². The lowest BCUT2D eigenvalue weighted by Gasteiger charge is -2.31. The number of amides is 1. The molecule has 2 aromatic rings. The molecule has 1 aliphatic heterocycles. The number of unbranched alkanes of at least 4 members (excludes halogenated alkanes) is 1. The highest BCUT2D eigenvalue weighted by Crippen LogP contribution is 2.21. The molecule has 0 saturated heterocycles. The molecular weight excluding hydrogens is 350 g/mol. The molecular formula is C23H31N3O2. The molecule has 28 heavy (non-hydrogen) atoms. The molecule has 5 heteroatoms. The Morgan fingerprint density at radius 2 is 2.07 bits per heavy atom. The maximum Gasteiger partial charge on any atom is 0.256 e. The number of carbonyl (C=O) groups excluding carboxylic acids is 1. The number of benzene rings is 1. The van der Waals surface area contributed by atoms with Gasteiger partial charge in [0.15, 0.2) is 0 Å². The maximum absolute atomic E-state index is 12.9. The summed E-state index contributed by atoms with van der Waals surface area (Å²) in [7, 11) is 0. The van der Waals surface area contributed by atoms with Gasteiger partial charge in [0.25, 0.3) is 5.56 Å². The zero-order valence-corrected chi connectivity index (χ0v) is 17.3. The Hall–Kier alpha value is -2.43. The molecule has 0 radical (unpaired) electrons. The zero-order valence-electron chi connectivity index (χ0n) is 17.3. The van der Waals surface area contributed by atoms with Gasteiger partial charge in [-0.15, -0.1) is 0 Å². The summed E-state index contributed by atoms with van der Waals surface area (Å²) < 4.78 is 0. The number of aromatic nitrogens is 2. The average molecular weight is 382 g/mol. The molecule has 0 unspecified atom stereocenters. The van der Waals surface area contributed by atoms with Gasteiger partial charge in [-0.1, -0.05) is 51.0 Å². The van der Waals surface area contributed by atoms with E-state index in [0.29, 0.717) is 37.3 Å². The fourth-order valence-corrected chi connectivity index (χ4v) is 3.95. The molecule has 1 amide bonds. The molecule has 5 nitrogen and oxygen atoms in total. The van der Waals surface area contributed by atoms with E-state index < -0.39 is 0 Å². The summed E-state index contributed by atoms with van der Waals surface area (Å²) in [5, 5.41) is 0. The van der Waals surface area contributed by atoms with E-state index >= 15 is 0 Å². The molecule has 1 aliphatic rings. The van der Waals surface area contributed by atoms with Crippen molar-refractivity contribution in [3.8, 4) is 0 Å². The third kappa shape index (κ3) is 4.51. The second kappa shape index (κ2) is 9.18. The second-order valence-electron chi connectivity index (χ2n) is 7.80. The molecule has 1 aromatic heterocycles. The number of hydrogen-bond acceptors (Lipinski definition) is 3. The van der Waals surface area contributed by atoms with Gasteiger partial charge in [0.2, 0.25) is 5.91 Å². The van der Waals surface area contributed by atoms with Gasteiger partial charge in [0.1, 0.15) is 5.82 Å². The van der Waals surface area contributed by atoms with Crippen LogP contribution in [0.1, 0.15) is 67.7 Å². The Balaban J connectivity index is 1.76. The molecule has 0 bridgehead atoms. The van der Waals surface area contributed by atoms with Crippen LogP contribution in [0, 0.1) is 12.8 Å². The van der Waals surface area contributed by atoms with Crippen molar-refractivity contribution in [3.05, 3.63) is 62.8 Å². The number of rotatable bonds is 7. The normalized spacial score (nSPS) is 14.6. The molecule has 1 N–H and O–H groups in total. The van der Waals surface area contributed by atoms with Crippen molar-refractivity contribution in [1.29, 1.82) is 0 Å². The molecule has 0 fully saturated rings. The standard InChI is InChI=1S/C23H31N3O2/c1-4-6-10-17(5-2)23(28)26-13-12-20-19(15-26)22(27)25-21(24-20)14-18-11-8-7-9-16(18)3/h7-9,11,17H,4-6,10,12-15H2,1-3H3,(H,24,25,27)/t17-/m0/s1. The van der Waals surface area contributed by atoms with Crippen LogP contribution in [0.5, 0.6) is 0 Å². The van der Waals surface area contributed by atoms with Crippen LogP contribution in [0.4, 0.5) is 0 Å². The van der Waals surface area contributed by atoms with Crippen molar-refractivity contribution in [2.75, 3.05) is 6.54 Å². The molecule has 0 saturated carbocycles. The van der Waals surface area contributed by atoms with Crippen molar-refractivity contribution in [1.82, 2.24) is 14.9 Å². The third-order valence-electron chi connectivity index (χ3n) is 5.80. The Kier molecular flexibility index (Phi) is 6.65. The number of nitrogens with one attached hydrogen (secondary N) is 1. The number of carbonyl (C=O) groups is 1. The lowest BCUT2D eigenvalue weighted by Crippen LogP contribution is -2.42. The van der Waals surface area contributed by atoms with Crippen LogP contribution < -0.4 is 5.56 Å². The van der Waals surface area contributed by atoms with Crippen LogP contribution in [0.3, 0.4) is 0 Å². The topological polar surface area (TPSA) is 66.1 Å². The van der Waals surface area contributed by atoms with Crippen molar-refractivity contribution < 1.29 is 4.79 Å².